The number of rotatable bonds is 6. The van der Waals surface area contributed by atoms with E-state index in [9.17, 15) is 9.59 Å². The first kappa shape index (κ1) is 22.6. The number of fused-ring (bicyclic) bond motifs is 3. The molecule has 2 amide bonds. The van der Waals surface area contributed by atoms with Crippen molar-refractivity contribution < 1.29 is 9.59 Å². The van der Waals surface area contributed by atoms with Gasteiger partial charge < -0.3 is 4.90 Å². The Morgan fingerprint density at radius 2 is 1.70 bits per heavy atom. The van der Waals surface area contributed by atoms with Crippen molar-refractivity contribution in [3.05, 3.63) is 48.0 Å². The van der Waals surface area contributed by atoms with Crippen LogP contribution in [0.25, 0.3) is 10.8 Å². The SMILES string of the molecule is CC12CCC(C(=O)N(CCCCN3CCCC(c4cccc5ccccc45)C3)C1=O)C2(C)C. The fourth-order valence-corrected chi connectivity index (χ4v) is 6.84. The Hall–Kier alpha value is -2.20. The van der Waals surface area contributed by atoms with Gasteiger partial charge in [-0.3, -0.25) is 14.5 Å². The number of unbranched alkanes of at least 4 members (excludes halogenated alkanes) is 1. The van der Waals surface area contributed by atoms with Gasteiger partial charge in [0.15, 0.2) is 0 Å². The van der Waals surface area contributed by atoms with Gasteiger partial charge in [0.2, 0.25) is 11.8 Å². The van der Waals surface area contributed by atoms with E-state index in [1.807, 2.05) is 0 Å². The normalized spacial score (nSPS) is 29.7. The van der Waals surface area contributed by atoms with Crippen LogP contribution in [0.1, 0.15) is 70.8 Å². The molecule has 2 heterocycles. The summed E-state index contributed by atoms with van der Waals surface area (Å²) in [7, 11) is 0. The Bertz CT molecular complexity index is 1060. The van der Waals surface area contributed by atoms with Gasteiger partial charge in [0.05, 0.1) is 5.41 Å². The van der Waals surface area contributed by atoms with Crippen molar-refractivity contribution >= 4 is 22.6 Å². The summed E-state index contributed by atoms with van der Waals surface area (Å²) in [6, 6.07) is 15.4. The van der Waals surface area contributed by atoms with Crippen LogP contribution in [-0.2, 0) is 9.59 Å². The number of imide groups is 1. The molecule has 3 fully saturated rings. The first-order valence-electron chi connectivity index (χ1n) is 12.9. The van der Waals surface area contributed by atoms with Gasteiger partial charge in [-0.25, -0.2) is 0 Å². The van der Waals surface area contributed by atoms with Gasteiger partial charge in [-0.2, -0.15) is 0 Å². The third-order valence-corrected chi connectivity index (χ3v) is 9.38. The molecule has 5 rings (SSSR count). The molecule has 2 saturated heterocycles. The quantitative estimate of drug-likeness (QED) is 0.428. The molecule has 33 heavy (non-hydrogen) atoms. The van der Waals surface area contributed by atoms with Crippen LogP contribution in [0.3, 0.4) is 0 Å². The Labute approximate surface area is 198 Å². The standard InChI is InChI=1S/C29H38N2O2/c1-28(2)25-15-16-29(28,3)27(33)31(26(25)32)19-7-6-17-30-18-9-12-22(20-30)24-14-8-11-21-10-4-5-13-23(21)24/h4-5,8,10-11,13-14,22,25H,6-7,9,12,15-20H2,1-3H3. The van der Waals surface area contributed by atoms with E-state index in [-0.39, 0.29) is 28.6 Å². The summed E-state index contributed by atoms with van der Waals surface area (Å²) in [5.74, 6) is 0.728. The molecule has 0 radical (unpaired) electrons. The fourth-order valence-electron chi connectivity index (χ4n) is 6.84. The summed E-state index contributed by atoms with van der Waals surface area (Å²) in [6.07, 6.45) is 6.10. The second-order valence-corrected chi connectivity index (χ2v) is 11.4. The Kier molecular flexibility index (Phi) is 5.84. The van der Waals surface area contributed by atoms with Crippen LogP contribution in [0.2, 0.25) is 0 Å². The Balaban J connectivity index is 1.17. The highest BCUT2D eigenvalue weighted by Gasteiger charge is 2.64. The summed E-state index contributed by atoms with van der Waals surface area (Å²) < 4.78 is 0. The van der Waals surface area contributed by atoms with Crippen molar-refractivity contribution in [2.75, 3.05) is 26.2 Å². The minimum atomic E-state index is -0.385. The molecule has 2 aromatic carbocycles. The number of benzene rings is 2. The predicted octanol–water partition coefficient (Wildman–Crippen LogP) is 5.61. The second-order valence-electron chi connectivity index (χ2n) is 11.4. The topological polar surface area (TPSA) is 40.6 Å². The lowest BCUT2D eigenvalue weighted by Gasteiger charge is -2.47. The maximum absolute atomic E-state index is 13.2. The summed E-state index contributed by atoms with van der Waals surface area (Å²) in [4.78, 5) is 30.5. The average Bonchev–Trinajstić information content (AvgIpc) is 3.01. The van der Waals surface area contributed by atoms with Gasteiger partial charge in [0.25, 0.3) is 0 Å². The Morgan fingerprint density at radius 1 is 0.939 bits per heavy atom. The van der Waals surface area contributed by atoms with Gasteiger partial charge in [-0.1, -0.05) is 63.2 Å². The van der Waals surface area contributed by atoms with Crippen molar-refractivity contribution in [3.63, 3.8) is 0 Å². The lowest BCUT2D eigenvalue weighted by atomic mass is 9.62. The molecule has 4 nitrogen and oxygen atoms in total. The monoisotopic (exact) mass is 446 g/mol. The van der Waals surface area contributed by atoms with Gasteiger partial charge in [0, 0.05) is 19.0 Å². The van der Waals surface area contributed by atoms with E-state index < -0.39 is 0 Å². The van der Waals surface area contributed by atoms with Crippen LogP contribution >= 0.6 is 0 Å². The predicted molar refractivity (Wildman–Crippen MR) is 133 cm³/mol. The number of carbonyl (C=O) groups is 2. The molecule has 0 aromatic heterocycles. The zero-order chi connectivity index (χ0) is 23.2. The molecule has 1 saturated carbocycles. The summed E-state index contributed by atoms with van der Waals surface area (Å²) in [5.41, 5.74) is 0.875. The summed E-state index contributed by atoms with van der Waals surface area (Å²) in [5, 5.41) is 2.72. The highest BCUT2D eigenvalue weighted by molar-refractivity contribution is 6.03. The van der Waals surface area contributed by atoms with Crippen LogP contribution < -0.4 is 0 Å². The highest BCUT2D eigenvalue weighted by Crippen LogP contribution is 2.60. The first-order chi connectivity index (χ1) is 15.8. The molecule has 0 spiro atoms. The zero-order valence-electron chi connectivity index (χ0n) is 20.5. The number of likely N-dealkylation sites (tertiary alicyclic amines) is 2. The maximum Gasteiger partial charge on any atom is 0.235 e. The number of hydrogen-bond acceptors (Lipinski definition) is 3. The lowest BCUT2D eigenvalue weighted by Crippen LogP contribution is -2.59. The number of piperidine rings is 2. The number of hydrogen-bond donors (Lipinski definition) is 0. The second kappa shape index (κ2) is 8.54. The molecule has 4 heteroatoms. The number of nitrogens with zero attached hydrogens (tertiary/aromatic N) is 2. The van der Waals surface area contributed by atoms with Crippen molar-refractivity contribution in [3.8, 4) is 0 Å². The van der Waals surface area contributed by atoms with Gasteiger partial charge in [-0.05, 0) is 79.3 Å². The van der Waals surface area contributed by atoms with E-state index in [0.29, 0.717) is 12.5 Å². The number of amides is 2. The van der Waals surface area contributed by atoms with E-state index in [0.717, 1.165) is 45.3 Å². The molecular formula is C29H38N2O2. The summed E-state index contributed by atoms with van der Waals surface area (Å²) in [6.45, 7) is 10.2. The fraction of sp³-hybridized carbons (Fsp3) is 0.586. The van der Waals surface area contributed by atoms with Crippen LogP contribution in [0.4, 0.5) is 0 Å². The minimum Gasteiger partial charge on any atom is -0.303 e. The molecular weight excluding hydrogens is 408 g/mol. The molecule has 2 bridgehead atoms. The van der Waals surface area contributed by atoms with E-state index in [4.69, 9.17) is 0 Å². The van der Waals surface area contributed by atoms with Crippen LogP contribution in [0, 0.1) is 16.7 Å². The van der Waals surface area contributed by atoms with Crippen molar-refractivity contribution in [2.24, 2.45) is 16.7 Å². The molecule has 0 N–H and O–H groups in total. The van der Waals surface area contributed by atoms with Crippen LogP contribution in [0.5, 0.6) is 0 Å². The molecule has 2 aromatic rings. The minimum absolute atomic E-state index is 0.00347. The van der Waals surface area contributed by atoms with Crippen molar-refractivity contribution in [2.45, 2.75) is 65.2 Å². The van der Waals surface area contributed by atoms with Crippen LogP contribution in [0.15, 0.2) is 42.5 Å². The maximum atomic E-state index is 13.2. The van der Waals surface area contributed by atoms with Crippen molar-refractivity contribution in [1.82, 2.24) is 9.80 Å². The first-order valence-corrected chi connectivity index (χ1v) is 12.9. The molecule has 2 aliphatic heterocycles. The molecule has 3 atom stereocenters. The lowest BCUT2D eigenvalue weighted by molar-refractivity contribution is -0.167. The highest BCUT2D eigenvalue weighted by atomic mass is 16.2. The largest absolute Gasteiger partial charge is 0.303 e. The van der Waals surface area contributed by atoms with E-state index >= 15 is 0 Å². The molecule has 1 aliphatic carbocycles. The van der Waals surface area contributed by atoms with Gasteiger partial charge in [-0.15, -0.1) is 0 Å². The zero-order valence-corrected chi connectivity index (χ0v) is 20.5. The molecule has 3 aliphatic rings. The average molecular weight is 447 g/mol. The van der Waals surface area contributed by atoms with Crippen molar-refractivity contribution in [1.29, 1.82) is 0 Å². The van der Waals surface area contributed by atoms with E-state index in [1.165, 1.54) is 29.2 Å². The van der Waals surface area contributed by atoms with Gasteiger partial charge in [0.1, 0.15) is 0 Å². The molecule has 176 valence electrons. The Morgan fingerprint density at radius 3 is 2.55 bits per heavy atom. The molecule has 3 unspecified atom stereocenters. The number of carbonyl (C=O) groups excluding carboxylic acids is 2. The smallest absolute Gasteiger partial charge is 0.235 e. The van der Waals surface area contributed by atoms with E-state index in [2.05, 4.69) is 68.1 Å². The summed E-state index contributed by atoms with van der Waals surface area (Å²) >= 11 is 0. The third kappa shape index (κ3) is 3.71. The van der Waals surface area contributed by atoms with E-state index in [1.54, 1.807) is 4.90 Å². The van der Waals surface area contributed by atoms with Crippen LogP contribution in [-0.4, -0.2) is 47.8 Å². The van der Waals surface area contributed by atoms with Gasteiger partial charge >= 0.3 is 0 Å². The third-order valence-electron chi connectivity index (χ3n) is 9.38.